The Bertz CT molecular complexity index is 114. The van der Waals surface area contributed by atoms with Gasteiger partial charge in [0.05, 0.1) is 0 Å². The van der Waals surface area contributed by atoms with E-state index >= 15 is 0 Å². The molecule has 4 nitrogen and oxygen atoms in total. The van der Waals surface area contributed by atoms with E-state index in [1.807, 2.05) is 0 Å². The molecule has 0 bridgehead atoms. The number of rotatable bonds is 3. The van der Waals surface area contributed by atoms with E-state index in [1.54, 1.807) is 6.92 Å². The summed E-state index contributed by atoms with van der Waals surface area (Å²) >= 11 is 0. The third-order valence-corrected chi connectivity index (χ3v) is 0.700. The third-order valence-electron chi connectivity index (χ3n) is 0.700. The first-order chi connectivity index (χ1) is 3.66. The minimum absolute atomic E-state index is 0. The molecule has 0 aliphatic carbocycles. The van der Waals surface area contributed by atoms with Gasteiger partial charge in [-0.05, 0) is 0 Å². The van der Waals surface area contributed by atoms with Gasteiger partial charge in [0.15, 0.2) is 0 Å². The molecule has 0 saturated heterocycles. The predicted octanol–water partition coefficient (Wildman–Crippen LogP) is -2.75. The van der Waals surface area contributed by atoms with Crippen LogP contribution in [0.25, 0.3) is 0 Å². The van der Waals surface area contributed by atoms with Crippen LogP contribution in [-0.4, -0.2) is 17.3 Å². The normalized spacial score (nSPS) is 7.67. The number of carbonyl (C=O) groups excluding carboxylic acids is 1. The monoisotopic (exact) mass is 140 g/mol. The quantitative estimate of drug-likeness (QED) is 0.242. The van der Waals surface area contributed by atoms with E-state index in [0.717, 1.165) is 0 Å². The van der Waals surface area contributed by atoms with E-state index in [-0.39, 0.29) is 41.8 Å². The Morgan fingerprint density at radius 2 is 2.11 bits per heavy atom. The first-order valence-corrected chi connectivity index (χ1v) is 2.30. The number of Topliss-reactive ketones (excluding diaryl/α,β-unsaturated/α-hetero) is 1. The summed E-state index contributed by atoms with van der Waals surface area (Å²) in [6.45, 7) is 1.07. The third kappa shape index (κ3) is 8.07. The van der Waals surface area contributed by atoms with Crippen molar-refractivity contribution in [1.82, 2.24) is 0 Å². The number of hydrogen-bond acceptors (Lipinski definition) is 3. The smallest absolute Gasteiger partial charge is 0.292 e. The van der Waals surface area contributed by atoms with Crippen LogP contribution >= 0.6 is 0 Å². The predicted molar refractivity (Wildman–Crippen MR) is 27.2 cm³/mol. The zero-order valence-electron chi connectivity index (χ0n) is 5.59. The number of nitro groups is 1. The minimum Gasteiger partial charge on any atom is -0.292 e. The molecule has 9 heavy (non-hydrogen) atoms. The molecule has 0 aromatic carbocycles. The van der Waals surface area contributed by atoms with Crippen LogP contribution in [0.5, 0.6) is 0 Å². The minimum atomic E-state index is -0.619. The fourth-order valence-electron chi connectivity index (χ4n) is 0.256. The van der Waals surface area contributed by atoms with E-state index in [1.165, 1.54) is 0 Å². The van der Waals surface area contributed by atoms with Gasteiger partial charge in [-0.1, -0.05) is 6.92 Å². The molecule has 0 unspecified atom stereocenters. The van der Waals surface area contributed by atoms with Gasteiger partial charge in [-0.3, -0.25) is 14.9 Å². The Balaban J connectivity index is 0. The summed E-state index contributed by atoms with van der Waals surface area (Å²) in [6, 6.07) is 0. The maximum atomic E-state index is 10.2. The van der Waals surface area contributed by atoms with Gasteiger partial charge in [0, 0.05) is 11.3 Å². The Kier molecular flexibility index (Phi) is 8.13. The Labute approximate surface area is 75.1 Å². The molecule has 0 amide bonds. The van der Waals surface area contributed by atoms with Crippen LogP contribution in [0.4, 0.5) is 0 Å². The van der Waals surface area contributed by atoms with Crippen LogP contribution in [-0.2, 0) is 4.79 Å². The molecule has 0 fully saturated rings. The summed E-state index contributed by atoms with van der Waals surface area (Å²) < 4.78 is 0. The second kappa shape index (κ2) is 6.19. The topological polar surface area (TPSA) is 60.2 Å². The summed E-state index contributed by atoms with van der Waals surface area (Å²) in [4.78, 5) is 19.1. The first kappa shape index (κ1) is 11.8. The van der Waals surface area contributed by atoms with Crippen LogP contribution in [0.2, 0.25) is 0 Å². The van der Waals surface area contributed by atoms with Crippen LogP contribution < -0.4 is 29.6 Å². The van der Waals surface area contributed by atoms with Crippen molar-refractivity contribution in [2.75, 3.05) is 6.54 Å². The van der Waals surface area contributed by atoms with Crippen molar-refractivity contribution in [2.45, 2.75) is 13.3 Å². The maximum Gasteiger partial charge on any atom is 1.00 e. The van der Waals surface area contributed by atoms with Crippen LogP contribution in [0.1, 0.15) is 13.3 Å². The van der Waals surface area contributed by atoms with E-state index < -0.39 is 11.5 Å². The van der Waals surface area contributed by atoms with Gasteiger partial charge in [-0.25, -0.2) is 0 Å². The average Bonchev–Trinajstić information content (AvgIpc) is 1.65. The molecular weight excluding hydrogens is 133 g/mol. The molecule has 0 aliphatic rings. The Morgan fingerprint density at radius 3 is 2.22 bits per heavy atom. The molecule has 0 aromatic heterocycles. The van der Waals surface area contributed by atoms with E-state index in [0.29, 0.717) is 0 Å². The molecule has 0 N–H and O–H groups in total. The fraction of sp³-hybridized carbons (Fsp3) is 0.750. The SMILES string of the molecule is CCC(=O)C[N+](=O)[O-].[Na+]. The van der Waals surface area contributed by atoms with Gasteiger partial charge in [0.1, 0.15) is 0 Å². The van der Waals surface area contributed by atoms with Crippen molar-refractivity contribution in [3.8, 4) is 0 Å². The first-order valence-electron chi connectivity index (χ1n) is 2.30. The van der Waals surface area contributed by atoms with E-state index in [4.69, 9.17) is 0 Å². The molecule has 0 atom stereocenters. The van der Waals surface area contributed by atoms with Crippen molar-refractivity contribution in [1.29, 1.82) is 0 Å². The standard InChI is InChI=1S/C4H7NO3.Na/c1-2-4(6)3-5(7)8;/h2-3H2,1H3;/q;+1. The summed E-state index contributed by atoms with van der Waals surface area (Å²) in [6.07, 6.45) is 0.251. The maximum absolute atomic E-state index is 10.2. The van der Waals surface area contributed by atoms with Gasteiger partial charge >= 0.3 is 29.6 Å². The summed E-state index contributed by atoms with van der Waals surface area (Å²) in [7, 11) is 0. The van der Waals surface area contributed by atoms with Crippen LogP contribution in [0.3, 0.4) is 0 Å². The van der Waals surface area contributed by atoms with Crippen molar-refractivity contribution >= 4 is 5.78 Å². The Hall–Kier alpha value is 0.0700. The molecule has 0 heterocycles. The summed E-state index contributed by atoms with van der Waals surface area (Å²) in [5, 5.41) is 9.55. The molecule has 0 rings (SSSR count). The zero-order valence-corrected chi connectivity index (χ0v) is 7.59. The second-order valence-electron chi connectivity index (χ2n) is 1.38. The van der Waals surface area contributed by atoms with Gasteiger partial charge in [0.25, 0.3) is 6.54 Å². The molecule has 0 spiro atoms. The number of nitrogens with zero attached hydrogens (tertiary/aromatic N) is 1. The number of hydrogen-bond donors (Lipinski definition) is 0. The van der Waals surface area contributed by atoms with Crippen molar-refractivity contribution in [2.24, 2.45) is 0 Å². The van der Waals surface area contributed by atoms with E-state index in [9.17, 15) is 14.9 Å². The number of carbonyl (C=O) groups is 1. The summed E-state index contributed by atoms with van der Waals surface area (Å²) in [5.74, 6) is -0.324. The van der Waals surface area contributed by atoms with Crippen molar-refractivity contribution in [3.63, 3.8) is 0 Å². The molecule has 46 valence electrons. The molecule has 0 saturated carbocycles. The van der Waals surface area contributed by atoms with Gasteiger partial charge in [0.2, 0.25) is 5.78 Å². The summed E-state index contributed by atoms with van der Waals surface area (Å²) in [5.41, 5.74) is 0. The van der Waals surface area contributed by atoms with E-state index in [2.05, 4.69) is 0 Å². The average molecular weight is 140 g/mol. The van der Waals surface area contributed by atoms with Gasteiger partial charge in [-0.2, -0.15) is 0 Å². The van der Waals surface area contributed by atoms with Crippen LogP contribution in [0, 0.1) is 10.1 Å². The zero-order chi connectivity index (χ0) is 6.57. The van der Waals surface area contributed by atoms with Gasteiger partial charge in [-0.15, -0.1) is 0 Å². The van der Waals surface area contributed by atoms with Crippen molar-refractivity contribution in [3.05, 3.63) is 10.1 Å². The molecular formula is C4H7NNaO3+. The van der Waals surface area contributed by atoms with Crippen LogP contribution in [0.15, 0.2) is 0 Å². The fourth-order valence-corrected chi connectivity index (χ4v) is 0.256. The van der Waals surface area contributed by atoms with Gasteiger partial charge < -0.3 is 0 Å². The Morgan fingerprint density at radius 1 is 1.67 bits per heavy atom. The molecule has 0 radical (unpaired) electrons. The largest absolute Gasteiger partial charge is 1.00 e. The molecule has 5 heteroatoms. The molecule has 0 aliphatic heterocycles. The second-order valence-corrected chi connectivity index (χ2v) is 1.38. The molecule has 0 aromatic rings. The number of ketones is 1. The van der Waals surface area contributed by atoms with Crippen molar-refractivity contribution < 1.29 is 39.3 Å².